The Balaban J connectivity index is 2.59. The van der Waals surface area contributed by atoms with Gasteiger partial charge in [0.1, 0.15) is 0 Å². The minimum atomic E-state index is -0.348. The number of hydrogen-bond acceptors (Lipinski definition) is 3. The quantitative estimate of drug-likeness (QED) is 0.627. The zero-order chi connectivity index (χ0) is 12.8. The van der Waals surface area contributed by atoms with Crippen molar-refractivity contribution in [2.45, 2.75) is 26.8 Å². The fourth-order valence-corrected chi connectivity index (χ4v) is 1.39. The van der Waals surface area contributed by atoms with Crippen molar-refractivity contribution in [2.75, 3.05) is 11.9 Å². The molecule has 1 aromatic rings. The third-order valence-corrected chi connectivity index (χ3v) is 2.50. The molecule has 3 nitrogen and oxygen atoms in total. The average molecular weight is 233 g/mol. The number of benzene rings is 1. The van der Waals surface area contributed by atoms with Crippen LogP contribution in [0.3, 0.4) is 0 Å². The smallest absolute Gasteiger partial charge is 0.335 e. The first-order chi connectivity index (χ1) is 8.04. The van der Waals surface area contributed by atoms with Crippen LogP contribution in [0.5, 0.6) is 0 Å². The summed E-state index contributed by atoms with van der Waals surface area (Å²) in [6.45, 7) is 9.82. The lowest BCUT2D eigenvalue weighted by molar-refractivity contribution is -0.138. The summed E-state index contributed by atoms with van der Waals surface area (Å²) in [5, 5.41) is 3.21. The van der Waals surface area contributed by atoms with Gasteiger partial charge in [0.25, 0.3) is 0 Å². The van der Waals surface area contributed by atoms with Crippen LogP contribution in [-0.2, 0) is 9.53 Å². The van der Waals surface area contributed by atoms with Crippen molar-refractivity contribution in [3.05, 3.63) is 42.0 Å². The topological polar surface area (TPSA) is 38.3 Å². The van der Waals surface area contributed by atoms with Gasteiger partial charge >= 0.3 is 5.97 Å². The lowest BCUT2D eigenvalue weighted by atomic mass is 10.1. The first-order valence-corrected chi connectivity index (χ1v) is 5.73. The van der Waals surface area contributed by atoms with Crippen molar-refractivity contribution in [2.24, 2.45) is 0 Å². The lowest BCUT2D eigenvalue weighted by Crippen LogP contribution is -2.24. The van der Waals surface area contributed by atoms with E-state index in [9.17, 15) is 4.79 Å². The van der Waals surface area contributed by atoms with Crippen LogP contribution in [-0.4, -0.2) is 18.6 Å². The molecule has 17 heavy (non-hydrogen) atoms. The number of anilines is 1. The summed E-state index contributed by atoms with van der Waals surface area (Å²) in [4.78, 5) is 11.5. The van der Waals surface area contributed by atoms with E-state index >= 15 is 0 Å². The van der Waals surface area contributed by atoms with Gasteiger partial charge in [-0.3, -0.25) is 0 Å². The summed E-state index contributed by atoms with van der Waals surface area (Å²) in [5.74, 6) is -0.348. The minimum Gasteiger partial charge on any atom is -0.463 e. The van der Waals surface area contributed by atoms with Crippen molar-refractivity contribution in [1.82, 2.24) is 0 Å². The molecule has 0 heterocycles. The lowest BCUT2D eigenvalue weighted by Gasteiger charge is -2.16. The van der Waals surface area contributed by atoms with Gasteiger partial charge in [-0.1, -0.05) is 24.3 Å². The van der Waals surface area contributed by atoms with Crippen molar-refractivity contribution < 1.29 is 9.53 Å². The van der Waals surface area contributed by atoms with Crippen LogP contribution in [0.25, 0.3) is 0 Å². The Morgan fingerprint density at radius 3 is 2.53 bits per heavy atom. The van der Waals surface area contributed by atoms with E-state index in [0.29, 0.717) is 12.2 Å². The Kier molecular flexibility index (Phi) is 4.76. The summed E-state index contributed by atoms with van der Waals surface area (Å²) in [5.41, 5.74) is 2.60. The molecule has 0 aliphatic carbocycles. The minimum absolute atomic E-state index is 0.142. The van der Waals surface area contributed by atoms with Gasteiger partial charge in [0.05, 0.1) is 18.2 Å². The zero-order valence-electron chi connectivity index (χ0n) is 10.6. The van der Waals surface area contributed by atoms with Crippen LogP contribution in [0.4, 0.5) is 5.69 Å². The molecule has 0 saturated carbocycles. The van der Waals surface area contributed by atoms with Crippen LogP contribution in [0.1, 0.15) is 19.4 Å². The van der Waals surface area contributed by atoms with Crippen molar-refractivity contribution >= 4 is 11.7 Å². The van der Waals surface area contributed by atoms with Crippen molar-refractivity contribution in [3.63, 3.8) is 0 Å². The molecule has 0 radical (unpaired) electrons. The van der Waals surface area contributed by atoms with Gasteiger partial charge in [-0.2, -0.15) is 0 Å². The summed E-state index contributed by atoms with van der Waals surface area (Å²) >= 11 is 0. The molecule has 1 N–H and O–H groups in total. The molecule has 0 bridgehead atoms. The van der Waals surface area contributed by atoms with E-state index in [-0.39, 0.29) is 12.0 Å². The number of nitrogens with one attached hydrogen (secondary N) is 1. The number of carbonyl (C=O) groups is 1. The first kappa shape index (κ1) is 13.3. The van der Waals surface area contributed by atoms with E-state index in [4.69, 9.17) is 4.74 Å². The Labute approximate surface area is 102 Å². The van der Waals surface area contributed by atoms with Gasteiger partial charge in [0, 0.05) is 5.69 Å². The van der Waals surface area contributed by atoms with E-state index in [1.165, 1.54) is 5.56 Å². The molecule has 92 valence electrons. The number of rotatable bonds is 5. The fraction of sp³-hybridized carbons (Fsp3) is 0.357. The normalized spacial score (nSPS) is 11.7. The fourth-order valence-electron chi connectivity index (χ4n) is 1.39. The monoisotopic (exact) mass is 233 g/mol. The van der Waals surface area contributed by atoms with Gasteiger partial charge in [0.2, 0.25) is 0 Å². The molecule has 1 atom stereocenters. The van der Waals surface area contributed by atoms with Crippen molar-refractivity contribution in [1.29, 1.82) is 0 Å². The number of hydrogen-bond donors (Lipinski definition) is 1. The maximum atomic E-state index is 11.5. The van der Waals surface area contributed by atoms with Gasteiger partial charge in [-0.05, 0) is 32.9 Å². The van der Waals surface area contributed by atoms with Crippen LogP contribution < -0.4 is 5.32 Å². The van der Waals surface area contributed by atoms with Gasteiger partial charge in [-0.15, -0.1) is 0 Å². The molecule has 1 aromatic carbocycles. The van der Waals surface area contributed by atoms with Crippen LogP contribution in [0.2, 0.25) is 0 Å². The highest BCUT2D eigenvalue weighted by molar-refractivity contribution is 5.89. The predicted molar refractivity (Wildman–Crippen MR) is 70.0 cm³/mol. The standard InChI is InChI=1S/C14H19NO2/c1-5-17-14(16)11(3)12(4)15-13-8-6-10(2)7-9-13/h6-9,12,15H,3,5H2,1-2,4H3/t12-/m0/s1. The highest BCUT2D eigenvalue weighted by Gasteiger charge is 2.15. The third-order valence-electron chi connectivity index (χ3n) is 2.50. The van der Waals surface area contributed by atoms with Crippen LogP contribution >= 0.6 is 0 Å². The Morgan fingerprint density at radius 2 is 2.00 bits per heavy atom. The van der Waals surface area contributed by atoms with Gasteiger partial charge < -0.3 is 10.1 Å². The van der Waals surface area contributed by atoms with E-state index in [1.54, 1.807) is 6.92 Å². The number of aryl methyl sites for hydroxylation is 1. The Morgan fingerprint density at radius 1 is 1.41 bits per heavy atom. The van der Waals surface area contributed by atoms with Crippen molar-refractivity contribution in [3.8, 4) is 0 Å². The molecule has 0 unspecified atom stereocenters. The highest BCUT2D eigenvalue weighted by atomic mass is 16.5. The summed E-state index contributed by atoms with van der Waals surface area (Å²) in [6, 6.07) is 7.84. The molecule has 0 aliphatic heterocycles. The van der Waals surface area contributed by atoms with E-state index in [0.717, 1.165) is 5.69 Å². The molecule has 0 saturated heterocycles. The molecule has 0 aliphatic rings. The van der Waals surface area contributed by atoms with Gasteiger partial charge in [-0.25, -0.2) is 4.79 Å². The molecule has 3 heteroatoms. The van der Waals surface area contributed by atoms with E-state index in [1.807, 2.05) is 38.1 Å². The molecular weight excluding hydrogens is 214 g/mol. The number of esters is 1. The zero-order valence-corrected chi connectivity index (χ0v) is 10.6. The Hall–Kier alpha value is -1.77. The number of carbonyl (C=O) groups excluding carboxylic acids is 1. The van der Waals surface area contributed by atoms with Crippen LogP contribution in [0.15, 0.2) is 36.4 Å². The predicted octanol–water partition coefficient (Wildman–Crippen LogP) is 2.91. The maximum absolute atomic E-state index is 11.5. The maximum Gasteiger partial charge on any atom is 0.335 e. The molecule has 0 fully saturated rings. The molecular formula is C14H19NO2. The number of ether oxygens (including phenoxy) is 1. The average Bonchev–Trinajstić information content (AvgIpc) is 2.31. The summed E-state index contributed by atoms with van der Waals surface area (Å²) in [7, 11) is 0. The summed E-state index contributed by atoms with van der Waals surface area (Å²) in [6.07, 6.45) is 0. The molecule has 0 spiro atoms. The van der Waals surface area contributed by atoms with Gasteiger partial charge in [0.15, 0.2) is 0 Å². The third kappa shape index (κ3) is 3.94. The second-order valence-corrected chi connectivity index (χ2v) is 3.98. The second kappa shape index (κ2) is 6.09. The van der Waals surface area contributed by atoms with Crippen LogP contribution in [0, 0.1) is 6.92 Å². The molecule has 1 rings (SSSR count). The first-order valence-electron chi connectivity index (χ1n) is 5.73. The Bertz CT molecular complexity index is 395. The molecule has 0 amide bonds. The second-order valence-electron chi connectivity index (χ2n) is 3.98. The van der Waals surface area contributed by atoms with E-state index < -0.39 is 0 Å². The molecule has 0 aromatic heterocycles. The summed E-state index contributed by atoms with van der Waals surface area (Å²) < 4.78 is 4.90. The largest absolute Gasteiger partial charge is 0.463 e. The highest BCUT2D eigenvalue weighted by Crippen LogP contribution is 2.13. The van der Waals surface area contributed by atoms with E-state index in [2.05, 4.69) is 11.9 Å². The SMILES string of the molecule is C=C(C(=O)OCC)[C@H](C)Nc1ccc(C)cc1.